The van der Waals surface area contributed by atoms with Crippen molar-refractivity contribution in [2.45, 2.75) is 85.2 Å². The predicted octanol–water partition coefficient (Wildman–Crippen LogP) is 6.31. The smallest absolute Gasteiger partial charge is 0.356 e. The second kappa shape index (κ2) is 12.8. The number of anilines is 2. The van der Waals surface area contributed by atoms with Crippen molar-refractivity contribution in [1.29, 1.82) is 0 Å². The standard InChI is InChI=1S/C21H37F3N4/c1-5-9-13-27(14-10-6-2)19-17-18(21(22,23)24)25-20(26-19)28(15-11-7-3)16-12-8-4/h17H,5-16H2,1-4H3. The molecule has 162 valence electrons. The van der Waals surface area contributed by atoms with Crippen molar-refractivity contribution in [2.75, 3.05) is 36.0 Å². The molecule has 0 aliphatic heterocycles. The van der Waals surface area contributed by atoms with Crippen LogP contribution < -0.4 is 9.80 Å². The van der Waals surface area contributed by atoms with E-state index in [1.54, 1.807) is 0 Å². The molecule has 0 fully saturated rings. The van der Waals surface area contributed by atoms with Crippen LogP contribution in [0.5, 0.6) is 0 Å². The quantitative estimate of drug-likeness (QED) is 0.365. The molecular weight excluding hydrogens is 365 g/mol. The first kappa shape index (κ1) is 24.5. The summed E-state index contributed by atoms with van der Waals surface area (Å²) in [6.45, 7) is 11.1. The molecule has 0 bridgehead atoms. The Bertz CT molecular complexity index is 495. The number of rotatable bonds is 14. The summed E-state index contributed by atoms with van der Waals surface area (Å²) in [7, 11) is 0. The number of alkyl halides is 3. The van der Waals surface area contributed by atoms with Gasteiger partial charge in [-0.15, -0.1) is 0 Å². The second-order valence-corrected chi connectivity index (χ2v) is 7.30. The predicted molar refractivity (Wildman–Crippen MR) is 111 cm³/mol. The van der Waals surface area contributed by atoms with Crippen molar-refractivity contribution in [1.82, 2.24) is 9.97 Å². The largest absolute Gasteiger partial charge is 0.433 e. The van der Waals surface area contributed by atoms with Crippen LogP contribution in [-0.2, 0) is 6.18 Å². The van der Waals surface area contributed by atoms with E-state index < -0.39 is 11.9 Å². The van der Waals surface area contributed by atoms with Gasteiger partial charge in [0.25, 0.3) is 0 Å². The van der Waals surface area contributed by atoms with Gasteiger partial charge in [0.1, 0.15) is 5.82 Å². The molecule has 0 saturated heterocycles. The van der Waals surface area contributed by atoms with Crippen molar-refractivity contribution in [3.63, 3.8) is 0 Å². The zero-order valence-corrected chi connectivity index (χ0v) is 18.0. The molecule has 0 spiro atoms. The maximum atomic E-state index is 13.6. The summed E-state index contributed by atoms with van der Waals surface area (Å²) in [4.78, 5) is 12.4. The summed E-state index contributed by atoms with van der Waals surface area (Å²) in [5.74, 6) is 0.613. The van der Waals surface area contributed by atoms with E-state index in [1.807, 2.05) is 9.80 Å². The van der Waals surface area contributed by atoms with E-state index >= 15 is 0 Å². The summed E-state index contributed by atoms with van der Waals surface area (Å²) >= 11 is 0. The SMILES string of the molecule is CCCCN(CCCC)c1cc(C(F)(F)F)nc(N(CCCC)CCCC)n1. The zero-order chi connectivity index (χ0) is 21.0. The van der Waals surface area contributed by atoms with Gasteiger partial charge in [-0.05, 0) is 25.7 Å². The van der Waals surface area contributed by atoms with Gasteiger partial charge in [-0.2, -0.15) is 18.2 Å². The molecule has 1 rings (SSSR count). The number of aromatic nitrogens is 2. The molecule has 0 atom stereocenters. The minimum absolute atomic E-state index is 0.213. The third-order valence-electron chi connectivity index (χ3n) is 4.72. The highest BCUT2D eigenvalue weighted by atomic mass is 19.4. The zero-order valence-electron chi connectivity index (χ0n) is 18.0. The van der Waals surface area contributed by atoms with Gasteiger partial charge >= 0.3 is 6.18 Å². The highest BCUT2D eigenvalue weighted by Gasteiger charge is 2.34. The van der Waals surface area contributed by atoms with Gasteiger partial charge in [0.05, 0.1) is 0 Å². The molecule has 0 N–H and O–H groups in total. The summed E-state index contributed by atoms with van der Waals surface area (Å²) in [5, 5.41) is 0. The van der Waals surface area contributed by atoms with Gasteiger partial charge in [-0.1, -0.05) is 53.4 Å². The molecule has 0 amide bonds. The Morgan fingerprint density at radius 3 is 1.54 bits per heavy atom. The van der Waals surface area contributed by atoms with Crippen molar-refractivity contribution >= 4 is 11.8 Å². The van der Waals surface area contributed by atoms with Crippen molar-refractivity contribution in [3.05, 3.63) is 11.8 Å². The molecule has 0 aliphatic rings. The van der Waals surface area contributed by atoms with Crippen LogP contribution in [0.15, 0.2) is 6.07 Å². The highest BCUT2D eigenvalue weighted by molar-refractivity contribution is 5.46. The molecular formula is C21H37F3N4. The maximum absolute atomic E-state index is 13.6. The number of nitrogens with zero attached hydrogens (tertiary/aromatic N) is 4. The van der Waals surface area contributed by atoms with Crippen molar-refractivity contribution in [2.24, 2.45) is 0 Å². The molecule has 0 aromatic carbocycles. The van der Waals surface area contributed by atoms with Gasteiger partial charge in [0, 0.05) is 32.2 Å². The second-order valence-electron chi connectivity index (χ2n) is 7.30. The normalized spacial score (nSPS) is 11.7. The average molecular weight is 403 g/mol. The highest BCUT2D eigenvalue weighted by Crippen LogP contribution is 2.31. The summed E-state index contributed by atoms with van der Waals surface area (Å²) in [5.41, 5.74) is -0.844. The number of halogens is 3. The van der Waals surface area contributed by atoms with Crippen molar-refractivity contribution < 1.29 is 13.2 Å². The number of hydrogen-bond donors (Lipinski definition) is 0. The van der Waals surface area contributed by atoms with Crippen LogP contribution in [0.1, 0.15) is 84.8 Å². The molecule has 0 aliphatic carbocycles. The maximum Gasteiger partial charge on any atom is 0.433 e. The monoisotopic (exact) mass is 402 g/mol. The van der Waals surface area contributed by atoms with Gasteiger partial charge in [-0.25, -0.2) is 4.98 Å². The summed E-state index contributed by atoms with van der Waals surface area (Å²) < 4.78 is 40.7. The van der Waals surface area contributed by atoms with Gasteiger partial charge in [0.15, 0.2) is 5.69 Å². The average Bonchev–Trinajstić information content (AvgIpc) is 2.67. The molecule has 1 aromatic heterocycles. The third kappa shape index (κ3) is 8.23. The Morgan fingerprint density at radius 2 is 1.14 bits per heavy atom. The Kier molecular flexibility index (Phi) is 11.2. The van der Waals surface area contributed by atoms with Gasteiger partial charge in [0.2, 0.25) is 5.95 Å². The summed E-state index contributed by atoms with van der Waals surface area (Å²) in [6.07, 6.45) is 3.15. The lowest BCUT2D eigenvalue weighted by atomic mass is 10.2. The molecule has 0 saturated carbocycles. The van der Waals surface area contributed by atoms with E-state index in [9.17, 15) is 13.2 Å². The topological polar surface area (TPSA) is 32.3 Å². The molecule has 1 heterocycles. The van der Waals surface area contributed by atoms with E-state index in [-0.39, 0.29) is 5.95 Å². The van der Waals surface area contributed by atoms with Gasteiger partial charge < -0.3 is 9.80 Å². The van der Waals surface area contributed by atoms with E-state index in [2.05, 4.69) is 37.7 Å². The van der Waals surface area contributed by atoms with Gasteiger partial charge in [-0.3, -0.25) is 0 Å². The first-order valence-electron chi connectivity index (χ1n) is 10.8. The van der Waals surface area contributed by atoms with Crippen LogP contribution in [-0.4, -0.2) is 36.1 Å². The van der Waals surface area contributed by atoms with Crippen LogP contribution in [0, 0.1) is 0 Å². The van der Waals surface area contributed by atoms with E-state index in [1.165, 1.54) is 0 Å². The van der Waals surface area contributed by atoms with Crippen LogP contribution in [0.25, 0.3) is 0 Å². The lowest BCUT2D eigenvalue weighted by Gasteiger charge is -2.28. The van der Waals surface area contributed by atoms with Crippen LogP contribution in [0.3, 0.4) is 0 Å². The number of unbranched alkanes of at least 4 members (excludes halogenated alkanes) is 4. The Hall–Kier alpha value is -1.53. The summed E-state index contributed by atoms with van der Waals surface area (Å²) in [6, 6.07) is 1.12. The molecule has 1 aromatic rings. The van der Waals surface area contributed by atoms with E-state index in [0.717, 1.165) is 57.4 Å². The molecule has 0 radical (unpaired) electrons. The Balaban J connectivity index is 3.31. The fourth-order valence-corrected chi connectivity index (χ4v) is 2.92. The fourth-order valence-electron chi connectivity index (χ4n) is 2.92. The molecule has 4 nitrogen and oxygen atoms in total. The number of hydrogen-bond acceptors (Lipinski definition) is 4. The fraction of sp³-hybridized carbons (Fsp3) is 0.810. The first-order valence-corrected chi connectivity index (χ1v) is 10.8. The lowest BCUT2D eigenvalue weighted by molar-refractivity contribution is -0.141. The van der Waals surface area contributed by atoms with Crippen molar-refractivity contribution in [3.8, 4) is 0 Å². The van der Waals surface area contributed by atoms with Crippen LogP contribution >= 0.6 is 0 Å². The van der Waals surface area contributed by atoms with Crippen LogP contribution in [0.2, 0.25) is 0 Å². The Labute approximate surface area is 168 Å². The first-order chi connectivity index (χ1) is 13.4. The minimum atomic E-state index is -4.48. The van der Waals surface area contributed by atoms with E-state index in [4.69, 9.17) is 0 Å². The van der Waals surface area contributed by atoms with Crippen LogP contribution in [0.4, 0.5) is 24.9 Å². The lowest BCUT2D eigenvalue weighted by Crippen LogP contribution is -2.31. The Morgan fingerprint density at radius 1 is 0.714 bits per heavy atom. The van der Waals surface area contributed by atoms with E-state index in [0.29, 0.717) is 32.0 Å². The molecule has 28 heavy (non-hydrogen) atoms. The molecule has 0 unspecified atom stereocenters. The minimum Gasteiger partial charge on any atom is -0.356 e. The third-order valence-corrected chi connectivity index (χ3v) is 4.72. The molecule has 7 heteroatoms.